The number of nitrogens with one attached hydrogen (secondary N) is 2. The van der Waals surface area contributed by atoms with Crippen molar-refractivity contribution in [1.82, 2.24) is 20.2 Å². The molecule has 0 saturated heterocycles. The van der Waals surface area contributed by atoms with Crippen molar-refractivity contribution in [2.45, 2.75) is 6.92 Å². The third-order valence-electron chi connectivity index (χ3n) is 4.88. The van der Waals surface area contributed by atoms with Gasteiger partial charge in [0, 0.05) is 10.8 Å². The van der Waals surface area contributed by atoms with Crippen LogP contribution in [-0.4, -0.2) is 20.2 Å². The fraction of sp³-hybridized carbons (Fsp3) is 0.0455. The van der Waals surface area contributed by atoms with Crippen molar-refractivity contribution >= 4 is 33.3 Å². The van der Waals surface area contributed by atoms with Gasteiger partial charge in [0.2, 0.25) is 0 Å². The standard InChI is InChI=1S/C22H16FN5/c1-13-5-6-15(10-18(13)23)14-7-8-19-16(9-14)22(25-12-24-19)27-20-3-2-4-21-17(20)11-26-28-21/h2-12H,1H3,(H,26,28)(H,24,25,27). The number of aryl methyl sites for hydroxylation is 1. The molecular formula is C22H16FN5. The van der Waals surface area contributed by atoms with Crippen molar-refractivity contribution in [3.63, 3.8) is 0 Å². The third kappa shape index (κ3) is 2.75. The van der Waals surface area contributed by atoms with Crippen LogP contribution in [0, 0.1) is 12.7 Å². The van der Waals surface area contributed by atoms with E-state index in [4.69, 9.17) is 0 Å². The molecule has 0 atom stereocenters. The number of aromatic amines is 1. The second-order valence-corrected chi connectivity index (χ2v) is 6.68. The van der Waals surface area contributed by atoms with Crippen molar-refractivity contribution in [2.24, 2.45) is 0 Å². The molecule has 136 valence electrons. The predicted molar refractivity (Wildman–Crippen MR) is 109 cm³/mol. The molecule has 28 heavy (non-hydrogen) atoms. The Balaban J connectivity index is 1.63. The first-order chi connectivity index (χ1) is 13.7. The summed E-state index contributed by atoms with van der Waals surface area (Å²) in [5.41, 5.74) is 5.01. The quantitative estimate of drug-likeness (QED) is 0.449. The van der Waals surface area contributed by atoms with Crippen molar-refractivity contribution < 1.29 is 4.39 Å². The fourth-order valence-corrected chi connectivity index (χ4v) is 3.31. The highest BCUT2D eigenvalue weighted by atomic mass is 19.1. The Morgan fingerprint density at radius 3 is 2.68 bits per heavy atom. The van der Waals surface area contributed by atoms with Gasteiger partial charge in [-0.05, 0) is 53.9 Å². The minimum absolute atomic E-state index is 0.216. The number of hydrogen-bond acceptors (Lipinski definition) is 4. The second kappa shape index (κ2) is 6.42. The van der Waals surface area contributed by atoms with Crippen LogP contribution >= 0.6 is 0 Å². The third-order valence-corrected chi connectivity index (χ3v) is 4.88. The van der Waals surface area contributed by atoms with Gasteiger partial charge >= 0.3 is 0 Å². The van der Waals surface area contributed by atoms with Crippen molar-refractivity contribution in [3.05, 3.63) is 78.5 Å². The van der Waals surface area contributed by atoms with Crippen LogP contribution in [0.5, 0.6) is 0 Å². The van der Waals surface area contributed by atoms with Crippen LogP contribution < -0.4 is 5.32 Å². The zero-order chi connectivity index (χ0) is 19.1. The van der Waals surface area contributed by atoms with Gasteiger partial charge in [-0.1, -0.05) is 24.3 Å². The minimum Gasteiger partial charge on any atom is -0.339 e. The first-order valence-electron chi connectivity index (χ1n) is 8.89. The van der Waals surface area contributed by atoms with E-state index in [2.05, 4.69) is 25.5 Å². The molecule has 5 rings (SSSR count). The van der Waals surface area contributed by atoms with Gasteiger partial charge in [-0.15, -0.1) is 0 Å². The summed E-state index contributed by atoms with van der Waals surface area (Å²) < 4.78 is 14.0. The normalized spacial score (nSPS) is 11.2. The van der Waals surface area contributed by atoms with E-state index < -0.39 is 0 Å². The second-order valence-electron chi connectivity index (χ2n) is 6.68. The van der Waals surface area contributed by atoms with Crippen LogP contribution in [0.3, 0.4) is 0 Å². The average Bonchev–Trinajstić information content (AvgIpc) is 3.20. The monoisotopic (exact) mass is 369 g/mol. The molecule has 0 aliphatic rings. The van der Waals surface area contributed by atoms with E-state index in [1.165, 1.54) is 6.33 Å². The summed E-state index contributed by atoms with van der Waals surface area (Å²) >= 11 is 0. The summed E-state index contributed by atoms with van der Waals surface area (Å²) in [7, 11) is 0. The summed E-state index contributed by atoms with van der Waals surface area (Å²) in [5.74, 6) is 0.472. The van der Waals surface area contributed by atoms with Crippen LogP contribution in [0.2, 0.25) is 0 Å². The zero-order valence-corrected chi connectivity index (χ0v) is 15.1. The number of H-pyrrole nitrogens is 1. The van der Waals surface area contributed by atoms with Crippen LogP contribution in [0.25, 0.3) is 32.9 Å². The molecule has 0 fully saturated rings. The van der Waals surface area contributed by atoms with Crippen LogP contribution in [0.4, 0.5) is 15.9 Å². The average molecular weight is 369 g/mol. The van der Waals surface area contributed by atoms with Crippen molar-refractivity contribution in [2.75, 3.05) is 5.32 Å². The largest absolute Gasteiger partial charge is 0.339 e. The van der Waals surface area contributed by atoms with Crippen LogP contribution in [0.1, 0.15) is 5.56 Å². The number of aromatic nitrogens is 4. The Morgan fingerprint density at radius 2 is 1.79 bits per heavy atom. The molecule has 0 amide bonds. The summed E-state index contributed by atoms with van der Waals surface area (Å²) in [6.07, 6.45) is 3.31. The maximum absolute atomic E-state index is 14.0. The van der Waals surface area contributed by atoms with Gasteiger partial charge in [-0.25, -0.2) is 14.4 Å². The van der Waals surface area contributed by atoms with E-state index in [9.17, 15) is 4.39 Å². The summed E-state index contributed by atoms with van der Waals surface area (Å²) in [6.45, 7) is 1.76. The van der Waals surface area contributed by atoms with Gasteiger partial charge < -0.3 is 5.32 Å². The Labute approximate surface area is 160 Å². The molecule has 0 spiro atoms. The molecule has 0 saturated carbocycles. The predicted octanol–water partition coefficient (Wildman–Crippen LogP) is 5.36. The molecule has 0 aliphatic heterocycles. The minimum atomic E-state index is -0.216. The Hall–Kier alpha value is -3.80. The number of nitrogens with zero attached hydrogens (tertiary/aromatic N) is 3. The molecule has 6 heteroatoms. The van der Waals surface area contributed by atoms with E-state index in [-0.39, 0.29) is 5.82 Å². The summed E-state index contributed by atoms with van der Waals surface area (Å²) in [4.78, 5) is 8.79. The summed E-state index contributed by atoms with van der Waals surface area (Å²) in [6, 6.07) is 17.0. The van der Waals surface area contributed by atoms with E-state index in [0.29, 0.717) is 11.4 Å². The van der Waals surface area contributed by atoms with Crippen molar-refractivity contribution in [3.8, 4) is 11.1 Å². The smallest absolute Gasteiger partial charge is 0.141 e. The number of anilines is 2. The topological polar surface area (TPSA) is 66.5 Å². The highest BCUT2D eigenvalue weighted by Gasteiger charge is 2.10. The first-order valence-corrected chi connectivity index (χ1v) is 8.89. The van der Waals surface area contributed by atoms with Crippen LogP contribution in [-0.2, 0) is 0 Å². The number of benzene rings is 3. The molecule has 2 N–H and O–H groups in total. The lowest BCUT2D eigenvalue weighted by atomic mass is 10.0. The molecule has 5 nitrogen and oxygen atoms in total. The van der Waals surface area contributed by atoms with Gasteiger partial charge in [-0.2, -0.15) is 5.10 Å². The SMILES string of the molecule is Cc1ccc(-c2ccc3ncnc(Nc4cccc5[nH]ncc45)c3c2)cc1F. The number of fused-ring (bicyclic) bond motifs is 2. The van der Waals surface area contributed by atoms with E-state index >= 15 is 0 Å². The fourth-order valence-electron chi connectivity index (χ4n) is 3.31. The number of rotatable bonds is 3. The number of hydrogen-bond donors (Lipinski definition) is 2. The molecule has 3 aromatic carbocycles. The number of halogens is 1. The molecule has 0 aliphatic carbocycles. The lowest BCUT2D eigenvalue weighted by molar-refractivity contribution is 0.619. The van der Waals surface area contributed by atoms with Gasteiger partial charge in [-0.3, -0.25) is 5.10 Å². The molecule has 2 aromatic heterocycles. The van der Waals surface area contributed by atoms with E-state index in [1.807, 2.05) is 42.5 Å². The Bertz CT molecular complexity index is 1330. The molecule has 0 radical (unpaired) electrons. The van der Waals surface area contributed by atoms with Crippen molar-refractivity contribution in [1.29, 1.82) is 0 Å². The molecule has 0 unspecified atom stereocenters. The molecule has 5 aromatic rings. The van der Waals surface area contributed by atoms with E-state index in [0.717, 1.165) is 38.6 Å². The maximum Gasteiger partial charge on any atom is 0.141 e. The van der Waals surface area contributed by atoms with Gasteiger partial charge in [0.1, 0.15) is 18.0 Å². The first kappa shape index (κ1) is 16.4. The Morgan fingerprint density at radius 1 is 0.929 bits per heavy atom. The highest BCUT2D eigenvalue weighted by Crippen LogP contribution is 2.31. The lowest BCUT2D eigenvalue weighted by Gasteiger charge is -2.11. The molecule has 2 heterocycles. The van der Waals surface area contributed by atoms with Gasteiger partial charge in [0.05, 0.1) is 22.9 Å². The van der Waals surface area contributed by atoms with Gasteiger partial charge in [0.15, 0.2) is 0 Å². The molecular weight excluding hydrogens is 353 g/mol. The Kier molecular flexibility index (Phi) is 3.76. The maximum atomic E-state index is 14.0. The molecule has 0 bridgehead atoms. The highest BCUT2D eigenvalue weighted by molar-refractivity contribution is 5.98. The zero-order valence-electron chi connectivity index (χ0n) is 15.1. The van der Waals surface area contributed by atoms with Crippen LogP contribution in [0.15, 0.2) is 67.1 Å². The van der Waals surface area contributed by atoms with E-state index in [1.54, 1.807) is 25.3 Å². The summed E-state index contributed by atoms with van der Waals surface area (Å²) in [5, 5.41) is 12.3. The van der Waals surface area contributed by atoms with Gasteiger partial charge in [0.25, 0.3) is 0 Å². The lowest BCUT2D eigenvalue weighted by Crippen LogP contribution is -1.96.